The summed E-state index contributed by atoms with van der Waals surface area (Å²) in [5, 5.41) is 14.4. The number of nitrogens with zero attached hydrogens (tertiary/aromatic N) is 4. The van der Waals surface area contributed by atoms with E-state index in [1.807, 2.05) is 31.0 Å². The van der Waals surface area contributed by atoms with Gasteiger partial charge in [0.1, 0.15) is 25.0 Å². The lowest BCUT2D eigenvalue weighted by Gasteiger charge is -2.49. The lowest BCUT2D eigenvalue weighted by Crippen LogP contribution is -2.60. The summed E-state index contributed by atoms with van der Waals surface area (Å²) in [5.74, 6) is -0.988. The lowest BCUT2D eigenvalue weighted by molar-refractivity contribution is -0.156. The molecule has 0 radical (unpaired) electrons. The highest BCUT2D eigenvalue weighted by Gasteiger charge is 2.42. The molecular formula is C28H35FN4O4. The topological polar surface area (TPSA) is 78.4 Å². The number of aromatic nitrogens is 1. The fourth-order valence-electron chi connectivity index (χ4n) is 4.20. The molecule has 2 atom stereocenters. The molecule has 1 fully saturated rings. The number of hydrazine groups is 1. The van der Waals surface area contributed by atoms with Crippen molar-refractivity contribution in [3.8, 4) is 5.75 Å². The van der Waals surface area contributed by atoms with Crippen LogP contribution in [0.25, 0.3) is 0 Å². The smallest absolute Gasteiger partial charge is 0.276 e. The Kier molecular flexibility index (Phi) is 9.82. The van der Waals surface area contributed by atoms with Gasteiger partial charge < -0.3 is 19.5 Å². The van der Waals surface area contributed by atoms with Crippen molar-refractivity contribution in [2.24, 2.45) is 0 Å². The van der Waals surface area contributed by atoms with Gasteiger partial charge >= 0.3 is 0 Å². The first-order valence-electron chi connectivity index (χ1n) is 12.2. The van der Waals surface area contributed by atoms with Crippen LogP contribution in [0, 0.1) is 5.82 Å². The highest BCUT2D eigenvalue weighted by molar-refractivity contribution is 5.94. The quantitative estimate of drug-likeness (QED) is 0.194. The summed E-state index contributed by atoms with van der Waals surface area (Å²) >= 11 is 0. The van der Waals surface area contributed by atoms with E-state index >= 15 is 4.39 Å². The van der Waals surface area contributed by atoms with Gasteiger partial charge in [-0.3, -0.25) is 14.8 Å². The highest BCUT2D eigenvalue weighted by atomic mass is 19.1. The van der Waals surface area contributed by atoms with Gasteiger partial charge in [-0.05, 0) is 31.5 Å². The van der Waals surface area contributed by atoms with Crippen molar-refractivity contribution in [3.63, 3.8) is 0 Å². The molecule has 1 aromatic carbocycles. The molecule has 1 N–H and O–H groups in total. The van der Waals surface area contributed by atoms with E-state index in [9.17, 15) is 9.90 Å². The number of halogens is 1. The first kappa shape index (κ1) is 27.9. The number of likely N-dealkylation sites (N-methyl/N-ethyl adjacent to an activating group) is 1. The Morgan fingerprint density at radius 2 is 1.97 bits per heavy atom. The van der Waals surface area contributed by atoms with Gasteiger partial charge in [0.25, 0.3) is 5.91 Å². The molecule has 0 bridgehead atoms. The third-order valence-corrected chi connectivity index (χ3v) is 6.24. The molecule has 3 rings (SSSR count). The number of rotatable bonds is 12. The van der Waals surface area contributed by atoms with Gasteiger partial charge in [0, 0.05) is 24.8 Å². The maximum absolute atomic E-state index is 15.1. The molecule has 1 aliphatic rings. The van der Waals surface area contributed by atoms with Gasteiger partial charge in [0.2, 0.25) is 0 Å². The van der Waals surface area contributed by atoms with Crippen LogP contribution >= 0.6 is 0 Å². The van der Waals surface area contributed by atoms with Gasteiger partial charge in [-0.15, -0.1) is 6.58 Å². The van der Waals surface area contributed by atoms with E-state index in [0.29, 0.717) is 17.7 Å². The van der Waals surface area contributed by atoms with Crippen LogP contribution in [0.2, 0.25) is 0 Å². The molecule has 0 unspecified atom stereocenters. The third-order valence-electron chi connectivity index (χ3n) is 6.24. The zero-order valence-electron chi connectivity index (χ0n) is 21.6. The molecule has 1 aliphatic heterocycles. The standard InChI is InChI=1S/C28H35FN4O4/c1-6-16-36-18-24(34)26-28(35)32(20(4)8-3)19-33(31(26)5)25(23-14-9-10-15-30-23)21-12-11-13-22(29)27(21)37-17-7-2/h6-7,9-15,20,25,34H,1-2,8,16-19H2,3-5H3/b26-24+/t20-,25+/m1/s1. The zero-order valence-corrected chi connectivity index (χ0v) is 21.6. The Morgan fingerprint density at radius 1 is 1.22 bits per heavy atom. The summed E-state index contributed by atoms with van der Waals surface area (Å²) in [6, 6.07) is 9.41. The number of carbonyl (C=O) groups is 1. The van der Waals surface area contributed by atoms with Gasteiger partial charge in [0.15, 0.2) is 17.3 Å². The molecule has 9 heteroatoms. The Balaban J connectivity index is 2.20. The summed E-state index contributed by atoms with van der Waals surface area (Å²) in [7, 11) is 1.68. The minimum absolute atomic E-state index is 0.0708. The molecule has 0 spiro atoms. The molecule has 1 amide bonds. The fourth-order valence-corrected chi connectivity index (χ4v) is 4.20. The van der Waals surface area contributed by atoms with Crippen LogP contribution in [0.15, 0.2) is 79.4 Å². The van der Waals surface area contributed by atoms with Crippen molar-refractivity contribution < 1.29 is 23.8 Å². The molecule has 198 valence electrons. The van der Waals surface area contributed by atoms with Crippen LogP contribution in [-0.2, 0) is 9.53 Å². The number of carbonyl (C=O) groups excluding carboxylic acids is 1. The molecule has 1 saturated heterocycles. The van der Waals surface area contributed by atoms with E-state index in [0.717, 1.165) is 0 Å². The number of aliphatic hydroxyl groups excluding tert-OH is 1. The van der Waals surface area contributed by atoms with Crippen molar-refractivity contribution in [2.75, 3.05) is 33.5 Å². The van der Waals surface area contributed by atoms with Crippen LogP contribution in [0.3, 0.4) is 0 Å². The van der Waals surface area contributed by atoms with E-state index in [-0.39, 0.29) is 55.6 Å². The van der Waals surface area contributed by atoms with Crippen LogP contribution in [0.1, 0.15) is 37.6 Å². The molecule has 8 nitrogen and oxygen atoms in total. The third kappa shape index (κ3) is 6.18. The van der Waals surface area contributed by atoms with Crippen molar-refractivity contribution in [1.82, 2.24) is 19.9 Å². The zero-order chi connectivity index (χ0) is 26.9. The minimum atomic E-state index is -0.654. The Bertz CT molecular complexity index is 1120. The fraction of sp³-hybridized carbons (Fsp3) is 0.357. The first-order chi connectivity index (χ1) is 17.8. The monoisotopic (exact) mass is 510 g/mol. The highest BCUT2D eigenvalue weighted by Crippen LogP contribution is 2.39. The molecule has 2 heterocycles. The van der Waals surface area contributed by atoms with Crippen LogP contribution in [0.5, 0.6) is 5.75 Å². The summed E-state index contributed by atoms with van der Waals surface area (Å²) in [5.41, 5.74) is 1.21. The molecular weight excluding hydrogens is 475 g/mol. The van der Waals surface area contributed by atoms with Gasteiger partial charge in [0.05, 0.1) is 19.0 Å². The summed E-state index contributed by atoms with van der Waals surface area (Å²) in [6.07, 6.45) is 5.47. The number of ether oxygens (including phenoxy) is 2. The second kappa shape index (κ2) is 13.0. The van der Waals surface area contributed by atoms with Crippen LogP contribution < -0.4 is 4.74 Å². The maximum Gasteiger partial charge on any atom is 0.276 e. The first-order valence-corrected chi connectivity index (χ1v) is 12.2. The second-order valence-corrected chi connectivity index (χ2v) is 8.65. The van der Waals surface area contributed by atoms with Crippen molar-refractivity contribution in [2.45, 2.75) is 32.4 Å². The van der Waals surface area contributed by atoms with E-state index in [1.54, 1.807) is 53.5 Å². The SMILES string of the molecule is C=CCOC/C(O)=C1/C(=O)N([C@H](C)CC)CN([C@H](c2ccccn2)c2cccc(F)c2OCC=C)N1C. The normalized spacial score (nSPS) is 17.4. The predicted molar refractivity (Wildman–Crippen MR) is 140 cm³/mol. The largest absolute Gasteiger partial charge is 0.507 e. The summed E-state index contributed by atoms with van der Waals surface area (Å²) in [6.45, 7) is 11.6. The van der Waals surface area contributed by atoms with Crippen LogP contribution in [-0.4, -0.2) is 70.5 Å². The van der Waals surface area contributed by atoms with Crippen molar-refractivity contribution >= 4 is 5.91 Å². The van der Waals surface area contributed by atoms with Crippen molar-refractivity contribution in [3.05, 3.63) is 96.4 Å². The van der Waals surface area contributed by atoms with E-state index in [4.69, 9.17) is 9.47 Å². The average molecular weight is 511 g/mol. The number of aliphatic hydroxyl groups is 1. The minimum Gasteiger partial charge on any atom is -0.507 e. The summed E-state index contributed by atoms with van der Waals surface area (Å²) in [4.78, 5) is 19.8. The molecule has 2 aromatic rings. The van der Waals surface area contributed by atoms with Gasteiger partial charge in [-0.1, -0.05) is 43.9 Å². The van der Waals surface area contributed by atoms with E-state index in [2.05, 4.69) is 18.1 Å². The molecule has 1 aromatic heterocycles. The van der Waals surface area contributed by atoms with Gasteiger partial charge in [-0.25, -0.2) is 4.39 Å². The van der Waals surface area contributed by atoms with E-state index < -0.39 is 11.9 Å². The summed E-state index contributed by atoms with van der Waals surface area (Å²) < 4.78 is 26.3. The molecule has 0 aliphatic carbocycles. The maximum atomic E-state index is 15.1. The number of para-hydroxylation sites is 1. The number of hydrogen-bond donors (Lipinski definition) is 1. The van der Waals surface area contributed by atoms with Crippen molar-refractivity contribution in [1.29, 1.82) is 0 Å². The van der Waals surface area contributed by atoms with Crippen LogP contribution in [0.4, 0.5) is 4.39 Å². The predicted octanol–water partition coefficient (Wildman–Crippen LogP) is 4.59. The van der Waals surface area contributed by atoms with E-state index in [1.165, 1.54) is 6.07 Å². The Morgan fingerprint density at radius 3 is 2.62 bits per heavy atom. The number of amides is 1. The average Bonchev–Trinajstić information content (AvgIpc) is 2.90. The Hall–Kier alpha value is -3.69. The number of benzene rings is 1. The van der Waals surface area contributed by atoms with Gasteiger partial charge in [-0.2, -0.15) is 5.01 Å². The second-order valence-electron chi connectivity index (χ2n) is 8.65. The molecule has 0 saturated carbocycles. The lowest BCUT2D eigenvalue weighted by atomic mass is 10.00. The Labute approximate surface area is 217 Å². The number of hydrogen-bond acceptors (Lipinski definition) is 7. The molecule has 37 heavy (non-hydrogen) atoms. The number of pyridine rings is 1.